The summed E-state index contributed by atoms with van der Waals surface area (Å²) in [4.78, 5) is 0. The van der Waals surface area contributed by atoms with Crippen LogP contribution in [0.4, 0.5) is 0 Å². The first-order chi connectivity index (χ1) is 15.4. The lowest BCUT2D eigenvalue weighted by Crippen LogP contribution is -2.15. The molecule has 2 nitrogen and oxygen atoms in total. The molecule has 0 fully saturated rings. The van der Waals surface area contributed by atoms with Crippen LogP contribution in [0.25, 0.3) is 0 Å². The van der Waals surface area contributed by atoms with Gasteiger partial charge in [0.05, 0.1) is 26.4 Å². The molecule has 3 aromatic carbocycles. The SMILES string of the molecule is CCC(C)(C)c1ccc(COCc2ccc(COCc3ccc(C(C)C)cc3)cc2)cc1. The second kappa shape index (κ2) is 11.4. The van der Waals surface area contributed by atoms with Gasteiger partial charge in [-0.1, -0.05) is 107 Å². The molecule has 0 unspecified atom stereocenters. The Labute approximate surface area is 194 Å². The van der Waals surface area contributed by atoms with Crippen LogP contribution < -0.4 is 0 Å². The van der Waals surface area contributed by atoms with Crippen molar-refractivity contribution in [3.8, 4) is 0 Å². The van der Waals surface area contributed by atoms with E-state index in [0.29, 0.717) is 32.3 Å². The zero-order chi connectivity index (χ0) is 23.0. The molecule has 0 heterocycles. The number of benzene rings is 3. The average molecular weight is 431 g/mol. The van der Waals surface area contributed by atoms with Gasteiger partial charge in [0.15, 0.2) is 0 Å². The molecule has 3 aromatic rings. The normalized spacial score (nSPS) is 11.8. The molecule has 0 bridgehead atoms. The van der Waals surface area contributed by atoms with Crippen LogP contribution in [0.3, 0.4) is 0 Å². The van der Waals surface area contributed by atoms with Crippen LogP contribution in [0.1, 0.15) is 80.3 Å². The van der Waals surface area contributed by atoms with Gasteiger partial charge in [0.2, 0.25) is 0 Å². The minimum Gasteiger partial charge on any atom is -0.372 e. The lowest BCUT2D eigenvalue weighted by molar-refractivity contribution is 0.105. The van der Waals surface area contributed by atoms with E-state index in [1.165, 1.54) is 33.4 Å². The van der Waals surface area contributed by atoms with Gasteiger partial charge in [-0.2, -0.15) is 0 Å². The molecule has 3 rings (SSSR count). The van der Waals surface area contributed by atoms with Crippen molar-refractivity contribution in [3.05, 3.63) is 106 Å². The fraction of sp³-hybridized carbons (Fsp3) is 0.400. The van der Waals surface area contributed by atoms with Crippen LogP contribution in [-0.2, 0) is 41.3 Å². The average Bonchev–Trinajstić information content (AvgIpc) is 2.81. The highest BCUT2D eigenvalue weighted by molar-refractivity contribution is 5.28. The van der Waals surface area contributed by atoms with Crippen LogP contribution in [0.15, 0.2) is 72.8 Å². The zero-order valence-corrected chi connectivity index (χ0v) is 20.4. The Morgan fingerprint density at radius 2 is 0.938 bits per heavy atom. The van der Waals surface area contributed by atoms with Crippen molar-refractivity contribution in [2.45, 2.75) is 78.8 Å². The molecule has 0 aliphatic heterocycles. The van der Waals surface area contributed by atoms with Crippen molar-refractivity contribution in [1.29, 1.82) is 0 Å². The summed E-state index contributed by atoms with van der Waals surface area (Å²) in [5, 5.41) is 0. The molecular formula is C30H38O2. The van der Waals surface area contributed by atoms with E-state index in [1.807, 2.05) is 0 Å². The smallest absolute Gasteiger partial charge is 0.0721 e. The Morgan fingerprint density at radius 3 is 1.28 bits per heavy atom. The summed E-state index contributed by atoms with van der Waals surface area (Å²) in [6.45, 7) is 13.7. The Morgan fingerprint density at radius 1 is 0.594 bits per heavy atom. The van der Waals surface area contributed by atoms with E-state index in [9.17, 15) is 0 Å². The van der Waals surface area contributed by atoms with Gasteiger partial charge in [-0.3, -0.25) is 0 Å². The van der Waals surface area contributed by atoms with Crippen LogP contribution in [-0.4, -0.2) is 0 Å². The summed E-state index contributed by atoms with van der Waals surface area (Å²) in [7, 11) is 0. The summed E-state index contributed by atoms with van der Waals surface area (Å²) >= 11 is 0. The lowest BCUT2D eigenvalue weighted by Gasteiger charge is -2.23. The molecule has 0 saturated carbocycles. The topological polar surface area (TPSA) is 18.5 Å². The largest absolute Gasteiger partial charge is 0.372 e. The van der Waals surface area contributed by atoms with E-state index in [-0.39, 0.29) is 5.41 Å². The Bertz CT molecular complexity index is 936. The number of ether oxygens (including phenoxy) is 2. The van der Waals surface area contributed by atoms with E-state index < -0.39 is 0 Å². The molecular weight excluding hydrogens is 392 g/mol. The van der Waals surface area contributed by atoms with E-state index in [2.05, 4.69) is 107 Å². The van der Waals surface area contributed by atoms with Gasteiger partial charge >= 0.3 is 0 Å². The van der Waals surface area contributed by atoms with Crippen LogP contribution in [0.5, 0.6) is 0 Å². The standard InChI is InChI=1S/C30H38O2/c1-6-30(4,5)29-17-13-27(14-18-29)22-32-20-25-9-7-24(8-10-25)19-31-21-26-11-15-28(16-12-26)23(2)3/h7-18,23H,6,19-22H2,1-5H3. The summed E-state index contributed by atoms with van der Waals surface area (Å²) in [6, 6.07) is 26.0. The Kier molecular flexibility index (Phi) is 8.67. The van der Waals surface area contributed by atoms with Gasteiger partial charge in [0, 0.05) is 0 Å². The first-order valence-corrected chi connectivity index (χ1v) is 11.8. The van der Waals surface area contributed by atoms with E-state index in [1.54, 1.807) is 0 Å². The highest BCUT2D eigenvalue weighted by Gasteiger charge is 2.17. The van der Waals surface area contributed by atoms with Gasteiger partial charge in [-0.25, -0.2) is 0 Å². The van der Waals surface area contributed by atoms with E-state index >= 15 is 0 Å². The molecule has 0 radical (unpaired) electrons. The first kappa shape index (κ1) is 24.2. The molecule has 0 aliphatic rings. The fourth-order valence-electron chi connectivity index (χ4n) is 3.56. The highest BCUT2D eigenvalue weighted by atomic mass is 16.5. The maximum absolute atomic E-state index is 5.93. The van der Waals surface area contributed by atoms with Gasteiger partial charge < -0.3 is 9.47 Å². The van der Waals surface area contributed by atoms with Crippen molar-refractivity contribution in [1.82, 2.24) is 0 Å². The monoisotopic (exact) mass is 430 g/mol. The van der Waals surface area contributed by atoms with Gasteiger partial charge in [0.1, 0.15) is 0 Å². The molecule has 2 heteroatoms. The Hall–Kier alpha value is -2.42. The zero-order valence-electron chi connectivity index (χ0n) is 20.4. The molecule has 32 heavy (non-hydrogen) atoms. The highest BCUT2D eigenvalue weighted by Crippen LogP contribution is 2.26. The Balaban J connectivity index is 1.40. The third-order valence-electron chi connectivity index (χ3n) is 6.36. The molecule has 0 aliphatic carbocycles. The van der Waals surface area contributed by atoms with Crippen molar-refractivity contribution in [2.24, 2.45) is 0 Å². The fourth-order valence-corrected chi connectivity index (χ4v) is 3.56. The van der Waals surface area contributed by atoms with Gasteiger partial charge in [-0.05, 0) is 51.1 Å². The summed E-state index contributed by atoms with van der Waals surface area (Å²) < 4.78 is 11.8. The van der Waals surface area contributed by atoms with Crippen LogP contribution >= 0.6 is 0 Å². The van der Waals surface area contributed by atoms with Gasteiger partial charge in [-0.15, -0.1) is 0 Å². The van der Waals surface area contributed by atoms with Crippen molar-refractivity contribution < 1.29 is 9.47 Å². The van der Waals surface area contributed by atoms with Crippen molar-refractivity contribution >= 4 is 0 Å². The quantitative estimate of drug-likeness (QED) is 0.307. The number of hydrogen-bond donors (Lipinski definition) is 0. The lowest BCUT2D eigenvalue weighted by atomic mass is 9.82. The second-order valence-electron chi connectivity index (χ2n) is 9.63. The molecule has 0 saturated heterocycles. The summed E-state index contributed by atoms with van der Waals surface area (Å²) in [5.74, 6) is 0.561. The van der Waals surface area contributed by atoms with E-state index in [0.717, 1.165) is 6.42 Å². The molecule has 0 aromatic heterocycles. The summed E-state index contributed by atoms with van der Waals surface area (Å²) in [5.41, 5.74) is 7.77. The number of hydrogen-bond acceptors (Lipinski definition) is 2. The summed E-state index contributed by atoms with van der Waals surface area (Å²) in [6.07, 6.45) is 1.13. The van der Waals surface area contributed by atoms with Crippen molar-refractivity contribution in [3.63, 3.8) is 0 Å². The predicted octanol–water partition coefficient (Wildman–Crippen LogP) is 7.93. The minimum atomic E-state index is 0.225. The molecule has 0 atom stereocenters. The maximum atomic E-state index is 5.93. The third kappa shape index (κ3) is 7.05. The predicted molar refractivity (Wildman–Crippen MR) is 134 cm³/mol. The van der Waals surface area contributed by atoms with E-state index in [4.69, 9.17) is 9.47 Å². The maximum Gasteiger partial charge on any atom is 0.0721 e. The third-order valence-corrected chi connectivity index (χ3v) is 6.36. The van der Waals surface area contributed by atoms with Crippen molar-refractivity contribution in [2.75, 3.05) is 0 Å². The molecule has 0 amide bonds. The van der Waals surface area contributed by atoms with Gasteiger partial charge in [0.25, 0.3) is 0 Å². The molecule has 170 valence electrons. The first-order valence-electron chi connectivity index (χ1n) is 11.8. The molecule has 0 N–H and O–H groups in total. The molecule has 0 spiro atoms. The number of rotatable bonds is 11. The van der Waals surface area contributed by atoms with Crippen LogP contribution in [0, 0.1) is 0 Å². The van der Waals surface area contributed by atoms with Crippen LogP contribution in [0.2, 0.25) is 0 Å². The minimum absolute atomic E-state index is 0.225. The second-order valence-corrected chi connectivity index (χ2v) is 9.63.